The van der Waals surface area contributed by atoms with Crippen LogP contribution in [-0.2, 0) is 14.4 Å². The van der Waals surface area contributed by atoms with E-state index in [2.05, 4.69) is 10.6 Å². The predicted octanol–water partition coefficient (Wildman–Crippen LogP) is 3.97. The number of fused-ring (bicyclic) bond motifs is 1. The fraction of sp³-hybridized carbons (Fsp3) is 0.550. The lowest BCUT2D eigenvalue weighted by atomic mass is 9.72. The van der Waals surface area contributed by atoms with Crippen molar-refractivity contribution in [1.29, 1.82) is 0 Å². The van der Waals surface area contributed by atoms with Crippen molar-refractivity contribution in [2.75, 3.05) is 0 Å². The summed E-state index contributed by atoms with van der Waals surface area (Å²) in [5.41, 5.74) is -1.12. The van der Waals surface area contributed by atoms with E-state index in [0.29, 0.717) is 10.6 Å². The first-order chi connectivity index (χ1) is 13.7. The number of carbonyl (C=O) groups is 3. The van der Waals surface area contributed by atoms with Crippen LogP contribution in [0.25, 0.3) is 0 Å². The molecule has 3 aliphatic rings. The molecule has 3 N–H and O–H groups in total. The molecule has 1 saturated carbocycles. The molecule has 2 amide bonds. The van der Waals surface area contributed by atoms with Gasteiger partial charge in [0.2, 0.25) is 11.8 Å². The van der Waals surface area contributed by atoms with E-state index in [-0.39, 0.29) is 22.4 Å². The van der Waals surface area contributed by atoms with Crippen molar-refractivity contribution >= 4 is 52.6 Å². The van der Waals surface area contributed by atoms with Crippen molar-refractivity contribution < 1.29 is 19.5 Å². The van der Waals surface area contributed by atoms with Crippen LogP contribution in [0.15, 0.2) is 12.1 Å². The summed E-state index contributed by atoms with van der Waals surface area (Å²) in [6, 6.07) is 2.27. The van der Waals surface area contributed by atoms with Gasteiger partial charge in [-0.1, -0.05) is 66.9 Å². The van der Waals surface area contributed by atoms with Gasteiger partial charge in [-0.3, -0.25) is 25.0 Å². The van der Waals surface area contributed by atoms with Crippen LogP contribution >= 0.6 is 34.8 Å². The van der Waals surface area contributed by atoms with Gasteiger partial charge in [-0.05, 0) is 30.0 Å². The second kappa shape index (κ2) is 7.73. The lowest BCUT2D eigenvalue weighted by Gasteiger charge is -2.35. The number of carbonyl (C=O) groups excluding carboxylic acids is 2. The molecule has 1 aliphatic carbocycles. The molecule has 0 radical (unpaired) electrons. The quantitative estimate of drug-likeness (QED) is 0.468. The molecule has 156 valence electrons. The molecule has 2 heterocycles. The van der Waals surface area contributed by atoms with Gasteiger partial charge < -0.3 is 5.11 Å². The summed E-state index contributed by atoms with van der Waals surface area (Å²) in [7, 11) is 0. The molecule has 4 unspecified atom stereocenters. The Morgan fingerprint density at radius 1 is 1.10 bits per heavy atom. The highest BCUT2D eigenvalue weighted by Crippen LogP contribution is 2.51. The van der Waals surface area contributed by atoms with Gasteiger partial charge in [0.25, 0.3) is 0 Å². The van der Waals surface area contributed by atoms with Crippen LogP contribution in [0.4, 0.5) is 0 Å². The Morgan fingerprint density at radius 3 is 2.45 bits per heavy atom. The Kier molecular flexibility index (Phi) is 5.57. The summed E-state index contributed by atoms with van der Waals surface area (Å²) in [6.07, 6.45) is 5.33. The molecular formula is C20H21Cl3N2O4. The largest absolute Gasteiger partial charge is 0.480 e. The third kappa shape index (κ3) is 3.44. The number of halogens is 3. The van der Waals surface area contributed by atoms with Crippen LogP contribution in [0.2, 0.25) is 15.1 Å². The zero-order chi connectivity index (χ0) is 20.9. The van der Waals surface area contributed by atoms with Gasteiger partial charge in [0.1, 0.15) is 5.54 Å². The molecule has 9 heteroatoms. The lowest BCUT2D eigenvalue weighted by Crippen LogP contribution is -2.56. The highest BCUT2D eigenvalue weighted by molar-refractivity contribution is 6.43. The lowest BCUT2D eigenvalue weighted by molar-refractivity contribution is -0.150. The van der Waals surface area contributed by atoms with Crippen molar-refractivity contribution in [3.05, 3.63) is 32.8 Å². The van der Waals surface area contributed by atoms with Gasteiger partial charge in [-0.2, -0.15) is 0 Å². The zero-order valence-electron chi connectivity index (χ0n) is 15.5. The molecule has 0 aromatic heterocycles. The topological polar surface area (TPSA) is 95.5 Å². The minimum absolute atomic E-state index is 0.175. The second-order valence-electron chi connectivity index (χ2n) is 8.25. The van der Waals surface area contributed by atoms with Crippen LogP contribution in [0.5, 0.6) is 0 Å². The molecule has 29 heavy (non-hydrogen) atoms. The number of aliphatic carboxylic acids is 1. The number of hydrogen-bond acceptors (Lipinski definition) is 4. The van der Waals surface area contributed by atoms with Crippen LogP contribution < -0.4 is 10.6 Å². The van der Waals surface area contributed by atoms with Gasteiger partial charge in [0, 0.05) is 11.1 Å². The summed E-state index contributed by atoms with van der Waals surface area (Å²) >= 11 is 18.7. The standard InChI is InChI=1S/C20H21Cl3N2O4/c21-10-6-11(15(23)12(22)7-10)16-13-14(18(27)24-17(13)26)20(25-16,19(28)29)8-9-4-2-1-3-5-9/h6-7,9,13-14,16,25H,1-5,8H2,(H,28,29)(H,24,26,27). The minimum Gasteiger partial charge on any atom is -0.480 e. The monoisotopic (exact) mass is 458 g/mol. The summed E-state index contributed by atoms with van der Waals surface area (Å²) in [4.78, 5) is 37.9. The average Bonchev–Trinajstić information content (AvgIpc) is 3.16. The Labute approximate surface area is 183 Å². The normalized spacial score (nSPS) is 32.3. The third-order valence-electron chi connectivity index (χ3n) is 6.57. The van der Waals surface area contributed by atoms with Gasteiger partial charge in [0.15, 0.2) is 0 Å². The number of hydrogen-bond donors (Lipinski definition) is 3. The molecule has 0 bridgehead atoms. The molecule has 2 aliphatic heterocycles. The van der Waals surface area contributed by atoms with Gasteiger partial charge >= 0.3 is 5.97 Å². The molecule has 2 saturated heterocycles. The van der Waals surface area contributed by atoms with Crippen molar-refractivity contribution in [2.45, 2.75) is 50.1 Å². The molecule has 4 atom stereocenters. The van der Waals surface area contributed by atoms with Crippen LogP contribution in [0.1, 0.15) is 50.1 Å². The number of amides is 2. The van der Waals surface area contributed by atoms with Crippen molar-refractivity contribution in [3.8, 4) is 0 Å². The second-order valence-corrected chi connectivity index (χ2v) is 9.48. The zero-order valence-corrected chi connectivity index (χ0v) is 17.8. The first kappa shape index (κ1) is 20.9. The molecule has 0 spiro atoms. The molecule has 6 nitrogen and oxygen atoms in total. The van der Waals surface area contributed by atoms with E-state index in [0.717, 1.165) is 32.1 Å². The third-order valence-corrected chi connectivity index (χ3v) is 7.60. The van der Waals surface area contributed by atoms with E-state index >= 15 is 0 Å². The van der Waals surface area contributed by atoms with E-state index in [1.165, 1.54) is 6.07 Å². The summed E-state index contributed by atoms with van der Waals surface area (Å²) in [6.45, 7) is 0. The van der Waals surface area contributed by atoms with Crippen LogP contribution in [0, 0.1) is 17.8 Å². The molecular weight excluding hydrogens is 439 g/mol. The number of carboxylic acids is 1. The highest BCUT2D eigenvalue weighted by atomic mass is 35.5. The van der Waals surface area contributed by atoms with E-state index in [1.54, 1.807) is 6.07 Å². The fourth-order valence-electron chi connectivity index (χ4n) is 5.32. The molecule has 1 aromatic carbocycles. The van der Waals surface area contributed by atoms with Crippen LogP contribution in [0.3, 0.4) is 0 Å². The van der Waals surface area contributed by atoms with E-state index in [1.807, 2.05) is 0 Å². The van der Waals surface area contributed by atoms with Gasteiger partial charge in [0.05, 0.1) is 21.9 Å². The van der Waals surface area contributed by atoms with Crippen molar-refractivity contribution in [1.82, 2.24) is 10.6 Å². The number of imide groups is 1. The number of rotatable bonds is 4. The maximum absolute atomic E-state index is 12.7. The van der Waals surface area contributed by atoms with Crippen molar-refractivity contribution in [2.24, 2.45) is 17.8 Å². The number of benzene rings is 1. The minimum atomic E-state index is -1.55. The Bertz CT molecular complexity index is 887. The summed E-state index contributed by atoms with van der Waals surface area (Å²) < 4.78 is 0. The van der Waals surface area contributed by atoms with E-state index in [9.17, 15) is 19.5 Å². The smallest absolute Gasteiger partial charge is 0.324 e. The maximum Gasteiger partial charge on any atom is 0.324 e. The average molecular weight is 460 g/mol. The van der Waals surface area contributed by atoms with Crippen LogP contribution in [-0.4, -0.2) is 28.4 Å². The Hall–Kier alpha value is -1.34. The van der Waals surface area contributed by atoms with Gasteiger partial charge in [-0.25, -0.2) is 0 Å². The first-order valence-corrected chi connectivity index (χ1v) is 10.9. The Morgan fingerprint density at radius 2 is 1.79 bits per heavy atom. The Balaban J connectivity index is 1.80. The first-order valence-electron chi connectivity index (χ1n) is 9.75. The fourth-order valence-corrected chi connectivity index (χ4v) is 6.05. The molecule has 3 fully saturated rings. The van der Waals surface area contributed by atoms with E-state index in [4.69, 9.17) is 34.8 Å². The summed E-state index contributed by atoms with van der Waals surface area (Å²) in [5.74, 6) is -3.93. The predicted molar refractivity (Wildman–Crippen MR) is 109 cm³/mol. The molecule has 1 aromatic rings. The maximum atomic E-state index is 12.7. The SMILES string of the molecule is O=C1NC(=O)C2C1C(c1cc(Cl)cc(Cl)c1Cl)NC2(CC1CCCCC1)C(=O)O. The van der Waals surface area contributed by atoms with E-state index < -0.39 is 41.2 Å². The molecule has 4 rings (SSSR count). The highest BCUT2D eigenvalue weighted by Gasteiger charge is 2.66. The number of carboxylic acid groups (broad SMARTS) is 1. The van der Waals surface area contributed by atoms with Gasteiger partial charge in [-0.15, -0.1) is 0 Å². The number of nitrogens with one attached hydrogen (secondary N) is 2. The summed E-state index contributed by atoms with van der Waals surface area (Å²) in [5, 5.41) is 16.4. The van der Waals surface area contributed by atoms with Crippen molar-refractivity contribution in [3.63, 3.8) is 0 Å².